The summed E-state index contributed by atoms with van der Waals surface area (Å²) in [5, 5.41) is 0.350. The topological polar surface area (TPSA) is 26.3 Å². The van der Waals surface area contributed by atoms with Gasteiger partial charge in [-0.25, -0.2) is 8.78 Å². The van der Waals surface area contributed by atoms with Gasteiger partial charge in [0.05, 0.1) is 10.6 Å². The third-order valence-corrected chi connectivity index (χ3v) is 2.99. The van der Waals surface area contributed by atoms with Gasteiger partial charge >= 0.3 is 0 Å². The zero-order chi connectivity index (χ0) is 14.7. The zero-order valence-corrected chi connectivity index (χ0v) is 11.4. The number of aryl methyl sites for hydroxylation is 1. The van der Waals surface area contributed by atoms with Gasteiger partial charge < -0.3 is 4.74 Å². The molecule has 0 heterocycles. The molecule has 2 aromatic carbocycles. The predicted molar refractivity (Wildman–Crippen MR) is 72.4 cm³/mol. The van der Waals surface area contributed by atoms with E-state index >= 15 is 0 Å². The van der Waals surface area contributed by atoms with Gasteiger partial charge in [-0.15, -0.1) is 0 Å². The van der Waals surface area contributed by atoms with E-state index in [0.29, 0.717) is 10.8 Å². The van der Waals surface area contributed by atoms with Gasteiger partial charge in [0.15, 0.2) is 6.61 Å². The first-order valence-electron chi connectivity index (χ1n) is 5.84. The monoisotopic (exact) mass is 296 g/mol. The molecule has 104 valence electrons. The molecule has 0 aliphatic heterocycles. The first-order chi connectivity index (χ1) is 9.47. The van der Waals surface area contributed by atoms with Crippen LogP contribution in [-0.4, -0.2) is 12.4 Å². The molecule has 0 N–H and O–H groups in total. The molecule has 0 unspecified atom stereocenters. The second kappa shape index (κ2) is 6.01. The third-order valence-electron chi connectivity index (χ3n) is 2.67. The van der Waals surface area contributed by atoms with Crippen LogP contribution in [0.25, 0.3) is 0 Å². The summed E-state index contributed by atoms with van der Waals surface area (Å²) >= 11 is 5.91. The number of ether oxygens (including phenoxy) is 1. The number of rotatable bonds is 4. The molecule has 2 aromatic rings. The number of Topliss-reactive ketones (excluding diaryl/α,β-unsaturated/α-hetero) is 1. The summed E-state index contributed by atoms with van der Waals surface area (Å²) < 4.78 is 31.7. The lowest BCUT2D eigenvalue weighted by Gasteiger charge is -2.08. The van der Waals surface area contributed by atoms with Crippen molar-refractivity contribution in [3.8, 4) is 5.75 Å². The first kappa shape index (κ1) is 14.5. The maximum Gasteiger partial charge on any atom is 0.203 e. The second-order valence-corrected chi connectivity index (χ2v) is 4.68. The minimum Gasteiger partial charge on any atom is -0.484 e. The van der Waals surface area contributed by atoms with Gasteiger partial charge in [-0.2, -0.15) is 0 Å². The Morgan fingerprint density at radius 1 is 1.20 bits per heavy atom. The average molecular weight is 297 g/mol. The highest BCUT2D eigenvalue weighted by Crippen LogP contribution is 2.25. The first-order valence-corrected chi connectivity index (χ1v) is 6.22. The Morgan fingerprint density at radius 2 is 1.95 bits per heavy atom. The van der Waals surface area contributed by atoms with Gasteiger partial charge in [0, 0.05) is 0 Å². The molecule has 0 aliphatic carbocycles. The number of hydrogen-bond donors (Lipinski definition) is 0. The molecule has 0 atom stereocenters. The fraction of sp³-hybridized carbons (Fsp3) is 0.133. The van der Waals surface area contributed by atoms with Crippen molar-refractivity contribution < 1.29 is 18.3 Å². The zero-order valence-electron chi connectivity index (χ0n) is 10.6. The quantitative estimate of drug-likeness (QED) is 0.791. The minimum atomic E-state index is -0.782. The van der Waals surface area contributed by atoms with E-state index in [1.807, 2.05) is 6.92 Å². The molecule has 0 radical (unpaired) electrons. The smallest absolute Gasteiger partial charge is 0.203 e. The Kier molecular flexibility index (Phi) is 4.35. The molecular formula is C15H11ClF2O2. The maximum absolute atomic E-state index is 13.4. The fourth-order valence-electron chi connectivity index (χ4n) is 1.65. The largest absolute Gasteiger partial charge is 0.484 e. The predicted octanol–water partition coefficient (Wildman–Crippen LogP) is 4.19. The molecule has 0 saturated heterocycles. The summed E-state index contributed by atoms with van der Waals surface area (Å²) in [6, 6.07) is 7.80. The van der Waals surface area contributed by atoms with Gasteiger partial charge in [0.1, 0.15) is 17.4 Å². The van der Waals surface area contributed by atoms with Crippen molar-refractivity contribution in [2.75, 3.05) is 6.61 Å². The van der Waals surface area contributed by atoms with Crippen LogP contribution in [0.4, 0.5) is 8.78 Å². The van der Waals surface area contributed by atoms with Crippen LogP contribution < -0.4 is 4.74 Å². The molecule has 0 aromatic heterocycles. The fourth-order valence-corrected chi connectivity index (χ4v) is 1.83. The lowest BCUT2D eigenvalue weighted by atomic mass is 10.1. The van der Waals surface area contributed by atoms with Crippen molar-refractivity contribution in [1.29, 1.82) is 0 Å². The van der Waals surface area contributed by atoms with E-state index in [0.717, 1.165) is 23.8 Å². The van der Waals surface area contributed by atoms with E-state index in [1.54, 1.807) is 18.2 Å². The molecule has 2 nitrogen and oxygen atoms in total. The Hall–Kier alpha value is -1.94. The van der Waals surface area contributed by atoms with Crippen LogP contribution in [0.2, 0.25) is 5.02 Å². The third kappa shape index (κ3) is 3.33. The highest BCUT2D eigenvalue weighted by atomic mass is 35.5. The average Bonchev–Trinajstić information content (AvgIpc) is 2.42. The van der Waals surface area contributed by atoms with E-state index in [2.05, 4.69) is 0 Å². The van der Waals surface area contributed by atoms with Gasteiger partial charge in [0.25, 0.3) is 0 Å². The van der Waals surface area contributed by atoms with Crippen LogP contribution >= 0.6 is 11.6 Å². The summed E-state index contributed by atoms with van der Waals surface area (Å²) in [6.07, 6.45) is 0. The second-order valence-electron chi connectivity index (χ2n) is 4.27. The summed E-state index contributed by atoms with van der Waals surface area (Å²) in [7, 11) is 0. The number of carbonyl (C=O) groups excluding carboxylic acids is 1. The van der Waals surface area contributed by atoms with Gasteiger partial charge in [0.2, 0.25) is 5.78 Å². The van der Waals surface area contributed by atoms with Crippen molar-refractivity contribution in [2.45, 2.75) is 6.92 Å². The normalized spacial score (nSPS) is 10.4. The van der Waals surface area contributed by atoms with Gasteiger partial charge in [-0.3, -0.25) is 4.79 Å². The van der Waals surface area contributed by atoms with E-state index < -0.39 is 24.0 Å². The molecule has 0 aliphatic rings. The summed E-state index contributed by atoms with van der Waals surface area (Å²) in [6.45, 7) is 1.43. The van der Waals surface area contributed by atoms with Crippen molar-refractivity contribution >= 4 is 17.4 Å². The number of carbonyl (C=O) groups is 1. The number of benzene rings is 2. The van der Waals surface area contributed by atoms with Crippen molar-refractivity contribution in [3.05, 3.63) is 64.2 Å². The number of ketones is 1. The molecular weight excluding hydrogens is 286 g/mol. The maximum atomic E-state index is 13.4. The Morgan fingerprint density at radius 3 is 2.70 bits per heavy atom. The van der Waals surface area contributed by atoms with E-state index in [4.69, 9.17) is 16.3 Å². The Bertz CT molecular complexity index is 656. The van der Waals surface area contributed by atoms with E-state index in [1.165, 1.54) is 0 Å². The van der Waals surface area contributed by atoms with Crippen LogP contribution in [0, 0.1) is 18.6 Å². The molecule has 0 fully saturated rings. The summed E-state index contributed by atoms with van der Waals surface area (Å²) in [4.78, 5) is 11.8. The number of hydrogen-bond acceptors (Lipinski definition) is 2. The molecule has 2 rings (SSSR count). The van der Waals surface area contributed by atoms with Crippen molar-refractivity contribution in [2.24, 2.45) is 0 Å². The molecule has 20 heavy (non-hydrogen) atoms. The van der Waals surface area contributed by atoms with Gasteiger partial charge in [-0.05, 0) is 42.8 Å². The van der Waals surface area contributed by atoms with Gasteiger partial charge in [-0.1, -0.05) is 17.7 Å². The van der Waals surface area contributed by atoms with Crippen LogP contribution in [0.5, 0.6) is 5.75 Å². The Balaban J connectivity index is 2.12. The highest BCUT2D eigenvalue weighted by Gasteiger charge is 2.14. The van der Waals surface area contributed by atoms with Crippen LogP contribution in [-0.2, 0) is 0 Å². The standard InChI is InChI=1S/C15H11ClF2O2/c1-9-2-4-12(16)15(6-9)20-8-14(19)11-7-10(17)3-5-13(11)18/h2-7H,8H2,1H3. The molecule has 0 spiro atoms. The van der Waals surface area contributed by atoms with E-state index in [-0.39, 0.29) is 5.56 Å². The highest BCUT2D eigenvalue weighted by molar-refractivity contribution is 6.32. The van der Waals surface area contributed by atoms with Crippen LogP contribution in [0.15, 0.2) is 36.4 Å². The molecule has 0 amide bonds. The Labute approximate surface area is 119 Å². The lowest BCUT2D eigenvalue weighted by molar-refractivity contribution is 0.0917. The van der Waals surface area contributed by atoms with Crippen molar-refractivity contribution in [1.82, 2.24) is 0 Å². The number of halogens is 3. The van der Waals surface area contributed by atoms with Crippen molar-refractivity contribution in [3.63, 3.8) is 0 Å². The minimum absolute atomic E-state index is 0.330. The van der Waals surface area contributed by atoms with Crippen LogP contribution in [0.1, 0.15) is 15.9 Å². The van der Waals surface area contributed by atoms with E-state index in [9.17, 15) is 13.6 Å². The summed E-state index contributed by atoms with van der Waals surface area (Å²) in [5.74, 6) is -1.78. The molecule has 0 saturated carbocycles. The lowest BCUT2D eigenvalue weighted by Crippen LogP contribution is -2.13. The molecule has 5 heteroatoms. The molecule has 0 bridgehead atoms. The van der Waals surface area contributed by atoms with Crippen LogP contribution in [0.3, 0.4) is 0 Å². The SMILES string of the molecule is Cc1ccc(Cl)c(OCC(=O)c2cc(F)ccc2F)c1. The summed E-state index contributed by atoms with van der Waals surface area (Å²) in [5.41, 5.74) is 0.572.